The lowest BCUT2D eigenvalue weighted by atomic mass is 10.2. The molecule has 0 rings (SSSR count). The van der Waals surface area contributed by atoms with E-state index in [9.17, 15) is 19.2 Å². The molecule has 108 valence electrons. The van der Waals surface area contributed by atoms with E-state index in [1.165, 1.54) is 0 Å². The number of carbonyl (C=O) groups excluding carboxylic acids is 4. The minimum atomic E-state index is -0.589. The average molecular weight is 272 g/mol. The molecule has 0 spiro atoms. The lowest BCUT2D eigenvalue weighted by Crippen LogP contribution is -2.29. The summed E-state index contributed by atoms with van der Waals surface area (Å²) >= 11 is 0. The van der Waals surface area contributed by atoms with Crippen LogP contribution < -0.4 is 11.3 Å². The fourth-order valence-electron chi connectivity index (χ4n) is 1.35. The molecular formula is C12H20N2O5. The summed E-state index contributed by atoms with van der Waals surface area (Å²) in [6.45, 7) is 0. The van der Waals surface area contributed by atoms with E-state index in [2.05, 4.69) is 4.74 Å². The van der Waals surface area contributed by atoms with Crippen molar-refractivity contribution >= 4 is 24.1 Å². The van der Waals surface area contributed by atoms with Crippen molar-refractivity contribution in [2.24, 2.45) is 5.84 Å². The Morgan fingerprint density at radius 1 is 0.947 bits per heavy atom. The van der Waals surface area contributed by atoms with Gasteiger partial charge in [0.1, 0.15) is 6.29 Å². The number of hydrogen-bond acceptors (Lipinski definition) is 6. The third-order valence-corrected chi connectivity index (χ3v) is 2.38. The quantitative estimate of drug-likeness (QED) is 0.113. The zero-order valence-corrected chi connectivity index (χ0v) is 10.9. The monoisotopic (exact) mass is 272 g/mol. The van der Waals surface area contributed by atoms with E-state index in [4.69, 9.17) is 5.84 Å². The van der Waals surface area contributed by atoms with E-state index in [-0.39, 0.29) is 25.2 Å². The summed E-state index contributed by atoms with van der Waals surface area (Å²) < 4.78 is 4.57. The molecule has 0 saturated heterocycles. The van der Waals surface area contributed by atoms with Crippen LogP contribution in [0.1, 0.15) is 51.4 Å². The molecule has 7 nitrogen and oxygen atoms in total. The summed E-state index contributed by atoms with van der Waals surface area (Å²) in [6, 6.07) is 0. The number of carbonyl (C=O) groups is 4. The number of hydrazine groups is 1. The number of nitrogens with one attached hydrogen (secondary N) is 1. The van der Waals surface area contributed by atoms with Crippen LogP contribution in [0.5, 0.6) is 0 Å². The maximum Gasteiger partial charge on any atom is 0.313 e. The minimum absolute atomic E-state index is 0.0952. The first kappa shape index (κ1) is 17.2. The van der Waals surface area contributed by atoms with Gasteiger partial charge in [-0.25, -0.2) is 5.84 Å². The highest BCUT2D eigenvalue weighted by Crippen LogP contribution is 2.04. The van der Waals surface area contributed by atoms with Gasteiger partial charge in [0, 0.05) is 25.7 Å². The molecule has 7 heteroatoms. The van der Waals surface area contributed by atoms with Gasteiger partial charge < -0.3 is 9.53 Å². The smallest absolute Gasteiger partial charge is 0.313 e. The Morgan fingerprint density at radius 2 is 1.47 bits per heavy atom. The van der Waals surface area contributed by atoms with Gasteiger partial charge in [0.05, 0.1) is 0 Å². The first-order valence-electron chi connectivity index (χ1n) is 6.26. The summed E-state index contributed by atoms with van der Waals surface area (Å²) in [5, 5.41) is 0. The molecule has 19 heavy (non-hydrogen) atoms. The van der Waals surface area contributed by atoms with Gasteiger partial charge in [-0.15, -0.1) is 0 Å². The topological polar surface area (TPSA) is 116 Å². The molecule has 0 heterocycles. The first-order chi connectivity index (χ1) is 9.10. The van der Waals surface area contributed by atoms with Crippen molar-refractivity contribution in [3.05, 3.63) is 0 Å². The van der Waals surface area contributed by atoms with Crippen LogP contribution in [0.4, 0.5) is 0 Å². The fraction of sp³-hybridized carbons (Fsp3) is 0.667. The van der Waals surface area contributed by atoms with E-state index in [0.29, 0.717) is 32.1 Å². The van der Waals surface area contributed by atoms with E-state index in [1.54, 1.807) is 0 Å². The Kier molecular flexibility index (Phi) is 10.3. The van der Waals surface area contributed by atoms with Gasteiger partial charge in [-0.3, -0.25) is 19.8 Å². The van der Waals surface area contributed by atoms with Crippen molar-refractivity contribution in [3.63, 3.8) is 0 Å². The maximum absolute atomic E-state index is 11.2. The molecule has 0 aliphatic carbocycles. The highest BCUT2D eigenvalue weighted by molar-refractivity contribution is 5.85. The molecule has 3 N–H and O–H groups in total. The number of unbranched alkanes of at least 4 members (excludes halogenated alkanes) is 3. The normalized spacial score (nSPS) is 9.74. The second-order valence-corrected chi connectivity index (χ2v) is 4.03. The Bertz CT molecular complexity index is 317. The number of rotatable bonds is 10. The predicted molar refractivity (Wildman–Crippen MR) is 66.4 cm³/mol. The molecular weight excluding hydrogens is 252 g/mol. The molecule has 0 radical (unpaired) electrons. The molecule has 0 aromatic carbocycles. The van der Waals surface area contributed by atoms with Crippen molar-refractivity contribution < 1.29 is 23.9 Å². The highest BCUT2D eigenvalue weighted by atomic mass is 16.6. The predicted octanol–water partition coefficient (Wildman–Crippen LogP) is 0.366. The van der Waals surface area contributed by atoms with Crippen molar-refractivity contribution in [1.82, 2.24) is 5.43 Å². The van der Waals surface area contributed by atoms with Crippen LogP contribution in [0.2, 0.25) is 0 Å². The van der Waals surface area contributed by atoms with Gasteiger partial charge in [0.15, 0.2) is 0 Å². The van der Waals surface area contributed by atoms with Crippen LogP contribution in [0, 0.1) is 0 Å². The largest absolute Gasteiger partial charge is 0.393 e. The Morgan fingerprint density at radius 3 is 2.00 bits per heavy atom. The molecule has 0 aliphatic rings. The van der Waals surface area contributed by atoms with E-state index in [1.807, 2.05) is 5.43 Å². The average Bonchev–Trinajstić information content (AvgIpc) is 2.39. The van der Waals surface area contributed by atoms with Crippen LogP contribution >= 0.6 is 0 Å². The third kappa shape index (κ3) is 11.1. The summed E-state index contributed by atoms with van der Waals surface area (Å²) in [7, 11) is 0. The molecule has 0 aromatic rings. The van der Waals surface area contributed by atoms with E-state index in [0.717, 1.165) is 6.29 Å². The lowest BCUT2D eigenvalue weighted by Gasteiger charge is -2.03. The third-order valence-electron chi connectivity index (χ3n) is 2.38. The van der Waals surface area contributed by atoms with Crippen molar-refractivity contribution in [1.29, 1.82) is 0 Å². The highest BCUT2D eigenvalue weighted by Gasteiger charge is 2.10. The Hall–Kier alpha value is -1.76. The minimum Gasteiger partial charge on any atom is -0.393 e. The van der Waals surface area contributed by atoms with Crippen molar-refractivity contribution in [3.8, 4) is 0 Å². The summed E-state index contributed by atoms with van der Waals surface area (Å²) in [4.78, 5) is 43.2. The van der Waals surface area contributed by atoms with Crippen LogP contribution in [0.15, 0.2) is 0 Å². The summed E-state index contributed by atoms with van der Waals surface area (Å²) in [6.07, 6.45) is 3.77. The van der Waals surface area contributed by atoms with Crippen LogP contribution in [0.3, 0.4) is 0 Å². The molecule has 0 atom stereocenters. The van der Waals surface area contributed by atoms with Gasteiger partial charge in [0.25, 0.3) is 0 Å². The number of esters is 2. The van der Waals surface area contributed by atoms with Gasteiger partial charge in [-0.2, -0.15) is 0 Å². The molecule has 0 bridgehead atoms. The number of ether oxygens (including phenoxy) is 1. The van der Waals surface area contributed by atoms with Gasteiger partial charge in [-0.05, 0) is 25.7 Å². The fourth-order valence-corrected chi connectivity index (χ4v) is 1.35. The SMILES string of the molecule is NNC(=O)CCCCC(=O)OC(=O)CCCCC=O. The van der Waals surface area contributed by atoms with Gasteiger partial charge in [-0.1, -0.05) is 0 Å². The zero-order chi connectivity index (χ0) is 14.5. The summed E-state index contributed by atoms with van der Waals surface area (Å²) in [5.74, 6) is 3.44. The lowest BCUT2D eigenvalue weighted by molar-refractivity contribution is -0.159. The number of amides is 1. The van der Waals surface area contributed by atoms with E-state index >= 15 is 0 Å². The molecule has 0 aliphatic heterocycles. The maximum atomic E-state index is 11.2. The molecule has 1 amide bonds. The molecule has 0 aromatic heterocycles. The van der Waals surface area contributed by atoms with Crippen molar-refractivity contribution in [2.45, 2.75) is 51.4 Å². The number of nitrogens with two attached hydrogens (primary N) is 1. The van der Waals surface area contributed by atoms with Gasteiger partial charge >= 0.3 is 11.9 Å². The molecule has 0 fully saturated rings. The van der Waals surface area contributed by atoms with Crippen LogP contribution in [0.25, 0.3) is 0 Å². The van der Waals surface area contributed by atoms with E-state index < -0.39 is 11.9 Å². The van der Waals surface area contributed by atoms with Crippen LogP contribution in [-0.4, -0.2) is 24.1 Å². The standard InChI is InChI=1S/C12H20N2O5/c13-14-10(16)6-3-4-8-12(18)19-11(17)7-2-1-5-9-15/h9H,1-8,13H2,(H,14,16). The second-order valence-electron chi connectivity index (χ2n) is 4.03. The summed E-state index contributed by atoms with van der Waals surface area (Å²) in [5.41, 5.74) is 1.98. The first-order valence-corrected chi connectivity index (χ1v) is 6.26. The van der Waals surface area contributed by atoms with Gasteiger partial charge in [0.2, 0.25) is 5.91 Å². The number of hydrogen-bond donors (Lipinski definition) is 2. The van der Waals surface area contributed by atoms with Crippen LogP contribution in [-0.2, 0) is 23.9 Å². The molecule has 0 saturated carbocycles. The van der Waals surface area contributed by atoms with Crippen molar-refractivity contribution in [2.75, 3.05) is 0 Å². The Balaban J connectivity index is 3.54. The second kappa shape index (κ2) is 11.3. The Labute approximate surface area is 111 Å². The number of aldehydes is 1. The zero-order valence-electron chi connectivity index (χ0n) is 10.9. The molecule has 0 unspecified atom stereocenters.